The molecule has 1 aromatic carbocycles. The molecule has 0 saturated heterocycles. The fourth-order valence-electron chi connectivity index (χ4n) is 2.70. The predicted molar refractivity (Wildman–Crippen MR) is 93.4 cm³/mol. The zero-order valence-corrected chi connectivity index (χ0v) is 14.2. The normalized spacial score (nSPS) is 13.1. The number of aromatic nitrogens is 2. The van der Waals surface area contributed by atoms with Crippen molar-refractivity contribution < 1.29 is 9.84 Å². The van der Waals surface area contributed by atoms with Crippen molar-refractivity contribution in [2.24, 2.45) is 0 Å². The molecule has 2 heterocycles. The number of nitrogens with zero attached hydrogens (tertiary/aromatic N) is 2. The molecule has 0 bridgehead atoms. The van der Waals surface area contributed by atoms with Gasteiger partial charge in [0, 0.05) is 23.5 Å². The highest BCUT2D eigenvalue weighted by molar-refractivity contribution is 6.38. The van der Waals surface area contributed by atoms with Gasteiger partial charge >= 0.3 is 0 Å². The van der Waals surface area contributed by atoms with Crippen LogP contribution < -0.4 is 4.74 Å². The molecule has 0 fully saturated rings. The third-order valence-electron chi connectivity index (χ3n) is 3.66. The van der Waals surface area contributed by atoms with Gasteiger partial charge in [0.1, 0.15) is 24.1 Å². The van der Waals surface area contributed by atoms with Crippen LogP contribution in [0.2, 0.25) is 5.02 Å². The lowest BCUT2D eigenvalue weighted by Gasteiger charge is -2.16. The molecule has 3 aromatic rings. The topological polar surface area (TPSA) is 61.4 Å². The zero-order chi connectivity index (χ0) is 16.6. The van der Waals surface area contributed by atoms with Crippen LogP contribution >= 0.6 is 11.6 Å². The number of halogens is 1. The molecule has 23 heavy (non-hydrogen) atoms. The van der Waals surface area contributed by atoms with Gasteiger partial charge in [-0.3, -0.25) is 0 Å². The lowest BCUT2D eigenvalue weighted by atomic mass is 10.1. The van der Waals surface area contributed by atoms with Gasteiger partial charge in [-0.05, 0) is 44.8 Å². The molecule has 2 aromatic heterocycles. The van der Waals surface area contributed by atoms with Crippen LogP contribution in [0.15, 0.2) is 24.4 Å². The Morgan fingerprint density at radius 2 is 2.17 bits per heavy atom. The number of benzene rings is 1. The number of ether oxygens (including phenoxy) is 1. The number of H-pyrrole nitrogens is 1. The van der Waals surface area contributed by atoms with E-state index in [-0.39, 0.29) is 6.61 Å². The molecule has 122 valence electrons. The van der Waals surface area contributed by atoms with Gasteiger partial charge in [0.25, 0.3) is 0 Å². The van der Waals surface area contributed by atoms with Crippen molar-refractivity contribution >= 4 is 33.5 Å². The quantitative estimate of drug-likeness (QED) is 0.753. The zero-order valence-electron chi connectivity index (χ0n) is 13.4. The van der Waals surface area contributed by atoms with Crippen LogP contribution in [-0.4, -0.2) is 53.3 Å². The maximum absolute atomic E-state index is 9.97. The van der Waals surface area contributed by atoms with E-state index in [0.717, 1.165) is 27.5 Å². The molecule has 3 rings (SSSR count). The first-order valence-electron chi connectivity index (χ1n) is 7.48. The molecule has 2 N–H and O–H groups in total. The number of likely N-dealkylation sites (N-methyl/N-ethyl adjacent to an activating group) is 1. The summed E-state index contributed by atoms with van der Waals surface area (Å²) in [6, 6.07) is 5.68. The number of pyridine rings is 1. The Bertz CT molecular complexity index is 845. The van der Waals surface area contributed by atoms with E-state index >= 15 is 0 Å². The standard InChI is InChI=1S/C17H20ClN3O2/c1-10-6-12-15-13(18)4-5-14(16(15)20-17(12)19-7-10)23-9-11(22)8-21(2)3/h4-7,11,22H,8-9H2,1-3H3,(H,19,20). The van der Waals surface area contributed by atoms with Crippen LogP contribution in [0.25, 0.3) is 21.9 Å². The van der Waals surface area contributed by atoms with Crippen molar-refractivity contribution in [2.75, 3.05) is 27.2 Å². The average molecular weight is 334 g/mol. The molecule has 1 atom stereocenters. The van der Waals surface area contributed by atoms with Gasteiger partial charge in [0.05, 0.1) is 10.5 Å². The monoisotopic (exact) mass is 333 g/mol. The molecule has 0 aliphatic rings. The Morgan fingerprint density at radius 1 is 1.39 bits per heavy atom. The van der Waals surface area contributed by atoms with Crippen LogP contribution in [0.4, 0.5) is 0 Å². The van der Waals surface area contributed by atoms with Crippen LogP contribution in [0.5, 0.6) is 5.75 Å². The first kappa shape index (κ1) is 16.1. The summed E-state index contributed by atoms with van der Waals surface area (Å²) in [5.74, 6) is 0.665. The number of hydrogen-bond acceptors (Lipinski definition) is 4. The van der Waals surface area contributed by atoms with Crippen molar-refractivity contribution in [1.82, 2.24) is 14.9 Å². The molecule has 0 amide bonds. The summed E-state index contributed by atoms with van der Waals surface area (Å²) in [4.78, 5) is 9.59. The third kappa shape index (κ3) is 3.27. The van der Waals surface area contributed by atoms with Crippen molar-refractivity contribution in [3.8, 4) is 5.75 Å². The average Bonchev–Trinajstić information content (AvgIpc) is 2.85. The van der Waals surface area contributed by atoms with E-state index in [1.165, 1.54) is 0 Å². The van der Waals surface area contributed by atoms with Gasteiger partial charge in [0.15, 0.2) is 0 Å². The summed E-state index contributed by atoms with van der Waals surface area (Å²) >= 11 is 6.37. The number of fused-ring (bicyclic) bond motifs is 3. The Hall–Kier alpha value is -1.82. The number of aromatic amines is 1. The molecule has 0 aliphatic heterocycles. The van der Waals surface area contributed by atoms with Crippen molar-refractivity contribution in [1.29, 1.82) is 0 Å². The summed E-state index contributed by atoms with van der Waals surface area (Å²) in [6.07, 6.45) is 1.26. The maximum atomic E-state index is 9.97. The van der Waals surface area contributed by atoms with Crippen LogP contribution in [0.1, 0.15) is 5.56 Å². The van der Waals surface area contributed by atoms with Crippen LogP contribution in [0, 0.1) is 6.92 Å². The minimum absolute atomic E-state index is 0.219. The molecule has 0 aliphatic carbocycles. The van der Waals surface area contributed by atoms with Gasteiger partial charge in [0.2, 0.25) is 0 Å². The summed E-state index contributed by atoms with van der Waals surface area (Å²) in [5.41, 5.74) is 2.65. The molecule has 0 radical (unpaired) electrons. The Kier molecular flexibility index (Phi) is 4.43. The lowest BCUT2D eigenvalue weighted by Crippen LogP contribution is -2.30. The van der Waals surface area contributed by atoms with Crippen molar-refractivity contribution in [3.63, 3.8) is 0 Å². The highest BCUT2D eigenvalue weighted by Crippen LogP contribution is 2.36. The summed E-state index contributed by atoms with van der Waals surface area (Å²) < 4.78 is 5.80. The van der Waals surface area contributed by atoms with Gasteiger partial charge < -0.3 is 19.7 Å². The lowest BCUT2D eigenvalue weighted by molar-refractivity contribution is 0.0837. The third-order valence-corrected chi connectivity index (χ3v) is 3.98. The fourth-order valence-corrected chi connectivity index (χ4v) is 2.96. The number of aryl methyl sites for hydroxylation is 1. The van der Waals surface area contributed by atoms with E-state index in [0.29, 0.717) is 17.3 Å². The van der Waals surface area contributed by atoms with E-state index in [1.807, 2.05) is 44.2 Å². The SMILES string of the molecule is Cc1cnc2[nH]c3c(OCC(O)CN(C)C)ccc(Cl)c3c2c1. The van der Waals surface area contributed by atoms with Crippen LogP contribution in [0.3, 0.4) is 0 Å². The smallest absolute Gasteiger partial charge is 0.143 e. The van der Waals surface area contributed by atoms with Gasteiger partial charge in [-0.2, -0.15) is 0 Å². The van der Waals surface area contributed by atoms with E-state index in [9.17, 15) is 5.11 Å². The number of aliphatic hydroxyl groups is 1. The summed E-state index contributed by atoms with van der Waals surface area (Å²) in [6.45, 7) is 2.76. The summed E-state index contributed by atoms with van der Waals surface area (Å²) in [7, 11) is 3.82. The molecular weight excluding hydrogens is 314 g/mol. The molecule has 0 spiro atoms. The van der Waals surface area contributed by atoms with Gasteiger partial charge in [-0.25, -0.2) is 4.98 Å². The van der Waals surface area contributed by atoms with E-state index < -0.39 is 6.10 Å². The van der Waals surface area contributed by atoms with Crippen molar-refractivity contribution in [2.45, 2.75) is 13.0 Å². The molecule has 0 saturated carbocycles. The number of rotatable bonds is 5. The van der Waals surface area contributed by atoms with E-state index in [2.05, 4.69) is 16.0 Å². The molecular formula is C17H20ClN3O2. The second-order valence-corrected chi connectivity index (χ2v) is 6.46. The highest BCUT2D eigenvalue weighted by Gasteiger charge is 2.15. The second-order valence-electron chi connectivity index (χ2n) is 6.06. The number of hydrogen-bond donors (Lipinski definition) is 2. The minimum atomic E-state index is -0.555. The first-order valence-corrected chi connectivity index (χ1v) is 7.85. The van der Waals surface area contributed by atoms with Crippen LogP contribution in [-0.2, 0) is 0 Å². The Morgan fingerprint density at radius 3 is 2.91 bits per heavy atom. The van der Waals surface area contributed by atoms with E-state index in [1.54, 1.807) is 0 Å². The predicted octanol–water partition coefficient (Wildman–Crippen LogP) is 2.98. The minimum Gasteiger partial charge on any atom is -0.489 e. The maximum Gasteiger partial charge on any atom is 0.143 e. The highest BCUT2D eigenvalue weighted by atomic mass is 35.5. The summed E-state index contributed by atoms with van der Waals surface area (Å²) in [5, 5.41) is 12.5. The van der Waals surface area contributed by atoms with Gasteiger partial charge in [-0.15, -0.1) is 0 Å². The Labute approximate surface area is 139 Å². The van der Waals surface area contributed by atoms with Gasteiger partial charge in [-0.1, -0.05) is 11.6 Å². The van der Waals surface area contributed by atoms with E-state index in [4.69, 9.17) is 16.3 Å². The molecule has 6 heteroatoms. The van der Waals surface area contributed by atoms with Crippen molar-refractivity contribution in [3.05, 3.63) is 35.0 Å². The number of aliphatic hydroxyl groups excluding tert-OH is 1. The largest absolute Gasteiger partial charge is 0.489 e. The molecule has 5 nitrogen and oxygen atoms in total. The first-order chi connectivity index (χ1) is 11.0. The number of nitrogens with one attached hydrogen (secondary N) is 1. The Balaban J connectivity index is 1.98. The second kappa shape index (κ2) is 6.35. The fraction of sp³-hybridized carbons (Fsp3) is 0.353. The molecule has 1 unspecified atom stereocenters.